The Morgan fingerprint density at radius 3 is 2.48 bits per heavy atom. The lowest BCUT2D eigenvalue weighted by atomic mass is 9.90. The van der Waals surface area contributed by atoms with Crippen molar-refractivity contribution in [1.82, 2.24) is 19.5 Å². The quantitative estimate of drug-likeness (QED) is 0.542. The Labute approximate surface area is 193 Å². The van der Waals surface area contributed by atoms with E-state index in [-0.39, 0.29) is 17.1 Å². The van der Waals surface area contributed by atoms with Gasteiger partial charge in [0, 0.05) is 49.6 Å². The van der Waals surface area contributed by atoms with Gasteiger partial charge in [0.15, 0.2) is 5.82 Å². The summed E-state index contributed by atoms with van der Waals surface area (Å²) in [6.45, 7) is 6.01. The van der Waals surface area contributed by atoms with Crippen LogP contribution in [0.4, 0.5) is 5.95 Å². The van der Waals surface area contributed by atoms with E-state index in [0.29, 0.717) is 48.6 Å². The molecule has 1 aliphatic rings. The molecule has 0 bridgehead atoms. The highest BCUT2D eigenvalue weighted by Gasteiger charge is 2.34. The Balaban J connectivity index is 1.77. The smallest absolute Gasteiger partial charge is 0.255 e. The molecule has 174 valence electrons. The van der Waals surface area contributed by atoms with Crippen molar-refractivity contribution in [2.24, 2.45) is 5.41 Å². The Morgan fingerprint density at radius 2 is 1.82 bits per heavy atom. The van der Waals surface area contributed by atoms with Gasteiger partial charge in [0.1, 0.15) is 23.3 Å². The second-order valence-electron chi connectivity index (χ2n) is 8.82. The molecule has 9 heteroatoms. The van der Waals surface area contributed by atoms with E-state index in [1.807, 2.05) is 18.2 Å². The third-order valence-corrected chi connectivity index (χ3v) is 5.73. The van der Waals surface area contributed by atoms with Crippen molar-refractivity contribution in [2.45, 2.75) is 26.5 Å². The van der Waals surface area contributed by atoms with Crippen molar-refractivity contribution in [2.75, 3.05) is 39.3 Å². The highest BCUT2D eigenvalue weighted by molar-refractivity contribution is 5.52. The molecule has 1 aromatic carbocycles. The number of methoxy groups -OCH3 is 3. The predicted octanol–water partition coefficient (Wildman–Crippen LogP) is 2.95. The maximum atomic E-state index is 13.1. The predicted molar refractivity (Wildman–Crippen MR) is 125 cm³/mol. The van der Waals surface area contributed by atoms with Gasteiger partial charge in [-0.05, 0) is 24.3 Å². The Bertz CT molecular complexity index is 1180. The summed E-state index contributed by atoms with van der Waals surface area (Å²) in [6, 6.07) is 8.85. The van der Waals surface area contributed by atoms with E-state index >= 15 is 0 Å². The summed E-state index contributed by atoms with van der Waals surface area (Å²) in [6.07, 6.45) is 2.93. The van der Waals surface area contributed by atoms with Gasteiger partial charge in [-0.25, -0.2) is 15.0 Å². The molecule has 3 heterocycles. The van der Waals surface area contributed by atoms with Gasteiger partial charge in [-0.15, -0.1) is 0 Å². The average molecular weight is 452 g/mol. The van der Waals surface area contributed by atoms with Crippen LogP contribution >= 0.6 is 0 Å². The maximum Gasteiger partial charge on any atom is 0.255 e. The lowest BCUT2D eigenvalue weighted by Crippen LogP contribution is -2.48. The number of aromatic nitrogens is 4. The van der Waals surface area contributed by atoms with E-state index in [9.17, 15) is 4.79 Å². The first-order chi connectivity index (χ1) is 15.8. The molecule has 0 spiro atoms. The number of anilines is 1. The van der Waals surface area contributed by atoms with Gasteiger partial charge in [-0.2, -0.15) is 0 Å². The van der Waals surface area contributed by atoms with Gasteiger partial charge in [-0.3, -0.25) is 9.36 Å². The van der Waals surface area contributed by atoms with Crippen molar-refractivity contribution in [3.05, 3.63) is 58.6 Å². The van der Waals surface area contributed by atoms with Gasteiger partial charge in [0.25, 0.3) is 5.56 Å². The standard InChI is InChI=1S/C24H29N5O4/c1-24(2)14-28(13-20(33-5)17-11-16(31-3)7-8-19(17)32-4)23-27-18(12-21(30)29(23)15-24)22-25-9-6-10-26-22/h6-12,20H,13-15H2,1-5H3. The highest BCUT2D eigenvalue weighted by atomic mass is 16.5. The molecule has 0 aliphatic carbocycles. The monoisotopic (exact) mass is 451 g/mol. The number of ether oxygens (including phenoxy) is 3. The fraction of sp³-hybridized carbons (Fsp3) is 0.417. The molecule has 2 aromatic heterocycles. The van der Waals surface area contributed by atoms with E-state index in [1.54, 1.807) is 44.4 Å². The number of hydrogen-bond acceptors (Lipinski definition) is 8. The SMILES string of the molecule is COc1ccc(OC)c(C(CN2CC(C)(C)Cn3c2nc(-c2ncccn2)cc3=O)OC)c1. The zero-order valence-electron chi connectivity index (χ0n) is 19.6. The number of benzene rings is 1. The van der Waals surface area contributed by atoms with E-state index < -0.39 is 0 Å². The molecule has 9 nitrogen and oxygen atoms in total. The molecule has 0 saturated heterocycles. The lowest BCUT2D eigenvalue weighted by molar-refractivity contribution is 0.101. The van der Waals surface area contributed by atoms with Crippen LogP contribution in [0, 0.1) is 5.41 Å². The summed E-state index contributed by atoms with van der Waals surface area (Å²) in [5.74, 6) is 2.41. The number of hydrogen-bond donors (Lipinski definition) is 0. The molecule has 1 atom stereocenters. The van der Waals surface area contributed by atoms with E-state index in [4.69, 9.17) is 19.2 Å². The summed E-state index contributed by atoms with van der Waals surface area (Å²) in [5.41, 5.74) is 1.04. The largest absolute Gasteiger partial charge is 0.497 e. The molecular weight excluding hydrogens is 422 g/mol. The third kappa shape index (κ3) is 4.68. The Hall–Kier alpha value is -3.46. The van der Waals surface area contributed by atoms with Crippen LogP contribution in [0.2, 0.25) is 0 Å². The highest BCUT2D eigenvalue weighted by Crippen LogP contribution is 2.35. The molecule has 0 amide bonds. The summed E-state index contributed by atoms with van der Waals surface area (Å²) in [5, 5.41) is 0. The fourth-order valence-corrected chi connectivity index (χ4v) is 4.23. The van der Waals surface area contributed by atoms with Crippen LogP contribution in [0.5, 0.6) is 11.5 Å². The minimum Gasteiger partial charge on any atom is -0.497 e. The van der Waals surface area contributed by atoms with Gasteiger partial charge in [0.2, 0.25) is 5.95 Å². The van der Waals surface area contributed by atoms with Gasteiger partial charge in [-0.1, -0.05) is 13.8 Å². The molecule has 1 unspecified atom stereocenters. The van der Waals surface area contributed by atoms with Crippen LogP contribution in [0.1, 0.15) is 25.5 Å². The topological polar surface area (TPSA) is 91.6 Å². The first-order valence-corrected chi connectivity index (χ1v) is 10.7. The maximum absolute atomic E-state index is 13.1. The molecule has 4 rings (SSSR count). The van der Waals surface area contributed by atoms with Crippen molar-refractivity contribution < 1.29 is 14.2 Å². The first kappa shape index (κ1) is 22.7. The summed E-state index contributed by atoms with van der Waals surface area (Å²) < 4.78 is 18.6. The summed E-state index contributed by atoms with van der Waals surface area (Å²) in [7, 11) is 4.92. The molecule has 3 aromatic rings. The van der Waals surface area contributed by atoms with Crippen LogP contribution in [0.25, 0.3) is 11.5 Å². The second kappa shape index (κ2) is 9.19. The van der Waals surface area contributed by atoms with E-state index in [2.05, 4.69) is 28.7 Å². The van der Waals surface area contributed by atoms with Gasteiger partial charge in [0.05, 0.1) is 20.8 Å². The van der Waals surface area contributed by atoms with Crippen LogP contribution in [-0.4, -0.2) is 53.9 Å². The van der Waals surface area contributed by atoms with E-state index in [0.717, 1.165) is 5.56 Å². The molecule has 0 N–H and O–H groups in total. The van der Waals surface area contributed by atoms with Crippen molar-refractivity contribution in [3.8, 4) is 23.0 Å². The van der Waals surface area contributed by atoms with E-state index in [1.165, 1.54) is 6.07 Å². The number of rotatable bonds is 7. The molecule has 0 radical (unpaired) electrons. The molecule has 1 aliphatic heterocycles. The van der Waals surface area contributed by atoms with Crippen molar-refractivity contribution >= 4 is 5.95 Å². The van der Waals surface area contributed by atoms with Crippen LogP contribution in [0.3, 0.4) is 0 Å². The van der Waals surface area contributed by atoms with Crippen molar-refractivity contribution in [1.29, 1.82) is 0 Å². The molecule has 0 fully saturated rings. The Kier molecular flexibility index (Phi) is 6.33. The number of nitrogens with zero attached hydrogens (tertiary/aromatic N) is 5. The van der Waals surface area contributed by atoms with Gasteiger partial charge >= 0.3 is 0 Å². The van der Waals surface area contributed by atoms with Gasteiger partial charge < -0.3 is 19.1 Å². The van der Waals surface area contributed by atoms with Crippen LogP contribution < -0.4 is 19.9 Å². The average Bonchev–Trinajstić information content (AvgIpc) is 2.82. The fourth-order valence-electron chi connectivity index (χ4n) is 4.23. The van der Waals surface area contributed by atoms with Crippen molar-refractivity contribution in [3.63, 3.8) is 0 Å². The molecular formula is C24H29N5O4. The van der Waals surface area contributed by atoms with Crippen LogP contribution in [-0.2, 0) is 11.3 Å². The third-order valence-electron chi connectivity index (χ3n) is 5.73. The normalized spacial score (nSPS) is 15.6. The Morgan fingerprint density at radius 1 is 1.06 bits per heavy atom. The lowest BCUT2D eigenvalue weighted by Gasteiger charge is -2.41. The number of fused-ring (bicyclic) bond motifs is 1. The zero-order valence-corrected chi connectivity index (χ0v) is 19.6. The zero-order chi connectivity index (χ0) is 23.6. The van der Waals surface area contributed by atoms with Crippen LogP contribution in [0.15, 0.2) is 47.5 Å². The minimum absolute atomic E-state index is 0.131. The minimum atomic E-state index is -0.342. The summed E-state index contributed by atoms with van der Waals surface area (Å²) in [4.78, 5) is 28.5. The summed E-state index contributed by atoms with van der Waals surface area (Å²) >= 11 is 0. The second-order valence-corrected chi connectivity index (χ2v) is 8.82. The molecule has 0 saturated carbocycles. The first-order valence-electron chi connectivity index (χ1n) is 10.7. The molecule has 33 heavy (non-hydrogen) atoms.